The standard InChI is InChI=1S/C26H26F3N5OS/c1-16-30-23-19(6-5-7-20(23)26(27,28)29)24(35)34(16)17-8-9-21-22(14-17)36-25(31-21)33-13-10-18(15-33)32-11-3-2-4-12-32/h5-9,14,18H,2-4,10-13,15H2,1H3. The number of aromatic nitrogens is 3. The van der Waals surface area contributed by atoms with Gasteiger partial charge in [0, 0.05) is 19.1 Å². The number of piperidine rings is 1. The molecule has 6 nitrogen and oxygen atoms in total. The zero-order valence-corrected chi connectivity index (χ0v) is 20.7. The molecule has 2 aliphatic heterocycles. The van der Waals surface area contributed by atoms with Crippen molar-refractivity contribution in [2.45, 2.75) is 44.8 Å². The molecule has 4 aromatic rings. The van der Waals surface area contributed by atoms with Gasteiger partial charge in [0.1, 0.15) is 5.82 Å². The smallest absolute Gasteiger partial charge is 0.346 e. The molecule has 0 amide bonds. The van der Waals surface area contributed by atoms with Crippen LogP contribution in [0.4, 0.5) is 18.3 Å². The number of thiazole rings is 1. The summed E-state index contributed by atoms with van der Waals surface area (Å²) in [6, 6.07) is 9.69. The molecular weight excluding hydrogens is 487 g/mol. The number of anilines is 1. The molecular formula is C26H26F3N5OS. The molecule has 2 aliphatic rings. The number of fused-ring (bicyclic) bond motifs is 2. The summed E-state index contributed by atoms with van der Waals surface area (Å²) in [6.45, 7) is 5.87. The van der Waals surface area contributed by atoms with E-state index in [2.05, 4.69) is 14.8 Å². The molecule has 4 heterocycles. The van der Waals surface area contributed by atoms with Crippen molar-refractivity contribution in [3.63, 3.8) is 0 Å². The van der Waals surface area contributed by atoms with Crippen molar-refractivity contribution in [2.75, 3.05) is 31.1 Å². The summed E-state index contributed by atoms with van der Waals surface area (Å²) < 4.78 is 42.7. The third-order valence-corrected chi connectivity index (χ3v) is 8.41. The fraction of sp³-hybridized carbons (Fsp3) is 0.423. The Hall–Kier alpha value is -2.98. The van der Waals surface area contributed by atoms with E-state index in [-0.39, 0.29) is 16.7 Å². The largest absolute Gasteiger partial charge is 0.418 e. The first kappa shape index (κ1) is 23.4. The minimum absolute atomic E-state index is 0.0543. The van der Waals surface area contributed by atoms with Gasteiger partial charge in [0.25, 0.3) is 5.56 Å². The van der Waals surface area contributed by atoms with Crippen LogP contribution in [0.5, 0.6) is 0 Å². The molecule has 0 bridgehead atoms. The van der Waals surface area contributed by atoms with E-state index < -0.39 is 17.3 Å². The Kier molecular flexibility index (Phi) is 5.75. The van der Waals surface area contributed by atoms with E-state index in [9.17, 15) is 18.0 Å². The third-order valence-electron chi connectivity index (χ3n) is 7.33. The maximum atomic E-state index is 13.5. The lowest BCUT2D eigenvalue weighted by Crippen LogP contribution is -2.40. The number of alkyl halides is 3. The molecule has 0 radical (unpaired) electrons. The zero-order chi connectivity index (χ0) is 25.0. The van der Waals surface area contributed by atoms with Crippen LogP contribution in [0.25, 0.3) is 26.8 Å². The fourth-order valence-electron chi connectivity index (χ4n) is 5.52. The van der Waals surface area contributed by atoms with Gasteiger partial charge in [-0.15, -0.1) is 0 Å². The van der Waals surface area contributed by atoms with Crippen molar-refractivity contribution in [1.82, 2.24) is 19.4 Å². The van der Waals surface area contributed by atoms with Crippen LogP contribution in [-0.2, 0) is 6.18 Å². The second-order valence-electron chi connectivity index (χ2n) is 9.63. The van der Waals surface area contributed by atoms with Crippen LogP contribution in [0.1, 0.15) is 37.1 Å². The van der Waals surface area contributed by atoms with Crippen LogP contribution in [0.15, 0.2) is 41.2 Å². The average molecular weight is 514 g/mol. The summed E-state index contributed by atoms with van der Waals surface area (Å²) in [7, 11) is 0. The van der Waals surface area contributed by atoms with E-state index in [1.807, 2.05) is 12.1 Å². The number of para-hydroxylation sites is 1. The fourth-order valence-corrected chi connectivity index (χ4v) is 6.55. The van der Waals surface area contributed by atoms with Gasteiger partial charge >= 0.3 is 6.18 Å². The topological polar surface area (TPSA) is 54.3 Å². The minimum Gasteiger partial charge on any atom is -0.346 e. The number of nitrogens with zero attached hydrogens (tertiary/aromatic N) is 5. The molecule has 0 N–H and O–H groups in total. The predicted molar refractivity (Wildman–Crippen MR) is 136 cm³/mol. The lowest BCUT2D eigenvalue weighted by Gasteiger charge is -2.32. The summed E-state index contributed by atoms with van der Waals surface area (Å²) in [4.78, 5) is 27.3. The van der Waals surface area contributed by atoms with Crippen LogP contribution in [0, 0.1) is 6.92 Å². The van der Waals surface area contributed by atoms with E-state index >= 15 is 0 Å². The molecule has 6 rings (SSSR count). The second-order valence-corrected chi connectivity index (χ2v) is 10.6. The van der Waals surface area contributed by atoms with Gasteiger partial charge in [-0.3, -0.25) is 14.3 Å². The summed E-state index contributed by atoms with van der Waals surface area (Å²) in [5.74, 6) is 0.206. The Bertz CT molecular complexity index is 1510. The third kappa shape index (κ3) is 4.06. The highest BCUT2D eigenvalue weighted by Crippen LogP contribution is 2.35. The summed E-state index contributed by atoms with van der Waals surface area (Å²) >= 11 is 1.58. The second kappa shape index (κ2) is 8.85. The molecule has 1 unspecified atom stereocenters. The first-order valence-corrected chi connectivity index (χ1v) is 13.1. The maximum absolute atomic E-state index is 13.5. The Labute approximate surface area is 210 Å². The number of rotatable bonds is 3. The SMILES string of the molecule is Cc1nc2c(C(F)(F)F)cccc2c(=O)n1-c1ccc2nc(N3CCC(N4CCCCC4)C3)sc2c1. The molecule has 2 aromatic carbocycles. The first-order valence-electron chi connectivity index (χ1n) is 12.3. The molecule has 0 aliphatic carbocycles. The van der Waals surface area contributed by atoms with Crippen molar-refractivity contribution in [3.8, 4) is 5.69 Å². The molecule has 0 spiro atoms. The van der Waals surface area contributed by atoms with E-state index in [1.165, 1.54) is 49.1 Å². The monoisotopic (exact) mass is 513 g/mol. The average Bonchev–Trinajstić information content (AvgIpc) is 3.51. The van der Waals surface area contributed by atoms with Crippen molar-refractivity contribution in [3.05, 3.63) is 58.1 Å². The van der Waals surface area contributed by atoms with Gasteiger partial charge < -0.3 is 4.90 Å². The number of halogens is 3. The van der Waals surface area contributed by atoms with Gasteiger partial charge in [0.2, 0.25) is 0 Å². The Morgan fingerprint density at radius 2 is 1.83 bits per heavy atom. The van der Waals surface area contributed by atoms with Gasteiger partial charge in [-0.2, -0.15) is 13.2 Å². The van der Waals surface area contributed by atoms with Crippen LogP contribution in [0.2, 0.25) is 0 Å². The quantitative estimate of drug-likeness (QED) is 0.368. The predicted octanol–water partition coefficient (Wildman–Crippen LogP) is 5.39. The summed E-state index contributed by atoms with van der Waals surface area (Å²) in [5, 5.41) is 0.915. The van der Waals surface area contributed by atoms with Gasteiger partial charge in [-0.05, 0) is 69.6 Å². The molecule has 2 saturated heterocycles. The Morgan fingerprint density at radius 3 is 2.61 bits per heavy atom. The van der Waals surface area contributed by atoms with Gasteiger partial charge in [0.05, 0.1) is 32.4 Å². The van der Waals surface area contributed by atoms with E-state index in [0.717, 1.165) is 40.9 Å². The number of hydrogen-bond acceptors (Lipinski definition) is 6. The van der Waals surface area contributed by atoms with Gasteiger partial charge in [-0.1, -0.05) is 23.8 Å². The molecule has 188 valence electrons. The van der Waals surface area contributed by atoms with Crippen LogP contribution < -0.4 is 10.5 Å². The summed E-state index contributed by atoms with van der Waals surface area (Å²) in [5.41, 5.74) is -0.319. The highest BCUT2D eigenvalue weighted by molar-refractivity contribution is 7.22. The lowest BCUT2D eigenvalue weighted by molar-refractivity contribution is -0.136. The summed E-state index contributed by atoms with van der Waals surface area (Å²) in [6.07, 6.45) is 0.434. The highest BCUT2D eigenvalue weighted by atomic mass is 32.1. The molecule has 2 fully saturated rings. The number of aryl methyl sites for hydroxylation is 1. The number of likely N-dealkylation sites (tertiary alicyclic amines) is 1. The molecule has 2 aromatic heterocycles. The van der Waals surface area contributed by atoms with Crippen molar-refractivity contribution >= 4 is 37.6 Å². The van der Waals surface area contributed by atoms with E-state index in [4.69, 9.17) is 4.98 Å². The van der Waals surface area contributed by atoms with E-state index in [1.54, 1.807) is 24.3 Å². The Balaban J connectivity index is 1.34. The minimum atomic E-state index is -4.59. The molecule has 36 heavy (non-hydrogen) atoms. The van der Waals surface area contributed by atoms with Crippen molar-refractivity contribution < 1.29 is 13.2 Å². The van der Waals surface area contributed by atoms with Gasteiger partial charge in [0.15, 0.2) is 5.13 Å². The first-order chi connectivity index (χ1) is 17.3. The van der Waals surface area contributed by atoms with Crippen LogP contribution >= 0.6 is 11.3 Å². The Morgan fingerprint density at radius 1 is 1.03 bits per heavy atom. The number of hydrogen-bond donors (Lipinski definition) is 0. The van der Waals surface area contributed by atoms with Crippen molar-refractivity contribution in [2.24, 2.45) is 0 Å². The lowest BCUT2D eigenvalue weighted by atomic mass is 10.1. The molecule has 1 atom stereocenters. The van der Waals surface area contributed by atoms with Gasteiger partial charge in [-0.25, -0.2) is 9.97 Å². The van der Waals surface area contributed by atoms with Crippen LogP contribution in [0.3, 0.4) is 0 Å². The highest BCUT2D eigenvalue weighted by Gasteiger charge is 2.34. The molecule has 10 heteroatoms. The number of benzene rings is 2. The molecule has 0 saturated carbocycles. The van der Waals surface area contributed by atoms with Crippen molar-refractivity contribution in [1.29, 1.82) is 0 Å². The van der Waals surface area contributed by atoms with Crippen LogP contribution in [-0.4, -0.2) is 51.7 Å². The normalized spacial score (nSPS) is 19.6. The van der Waals surface area contributed by atoms with E-state index in [0.29, 0.717) is 11.7 Å². The zero-order valence-electron chi connectivity index (χ0n) is 19.9. The maximum Gasteiger partial charge on any atom is 0.418 e.